The maximum Gasteiger partial charge on any atom is 0.123 e. The van der Waals surface area contributed by atoms with Crippen molar-refractivity contribution in [3.05, 3.63) is 35.6 Å². The van der Waals surface area contributed by atoms with Crippen molar-refractivity contribution in [3.8, 4) is 0 Å². The smallest absolute Gasteiger partial charge is 0.123 e. The molecule has 1 nitrogen and oxygen atoms in total. The zero-order chi connectivity index (χ0) is 13.7. The summed E-state index contributed by atoms with van der Waals surface area (Å²) in [5, 5.41) is 3.51. The molecule has 4 bridgehead atoms. The van der Waals surface area contributed by atoms with Crippen LogP contribution in [0.2, 0.25) is 0 Å². The van der Waals surface area contributed by atoms with Gasteiger partial charge in [0.15, 0.2) is 0 Å². The van der Waals surface area contributed by atoms with Gasteiger partial charge in [-0.1, -0.05) is 12.1 Å². The van der Waals surface area contributed by atoms with Gasteiger partial charge in [-0.05, 0) is 86.4 Å². The number of nitrogens with one attached hydrogen (secondary N) is 1. The number of benzene rings is 1. The third kappa shape index (κ3) is 2.00. The SMILES string of the molecule is CNC(c1cccc(F)c1)C1C2CC3CC(C2)CC1C3. The molecule has 0 aliphatic heterocycles. The van der Waals surface area contributed by atoms with Crippen LogP contribution in [-0.2, 0) is 0 Å². The highest BCUT2D eigenvalue weighted by Gasteiger charge is 2.50. The molecule has 1 atom stereocenters. The van der Waals surface area contributed by atoms with Crippen molar-refractivity contribution in [3.63, 3.8) is 0 Å². The topological polar surface area (TPSA) is 12.0 Å². The van der Waals surface area contributed by atoms with Crippen LogP contribution in [0.15, 0.2) is 24.3 Å². The predicted molar refractivity (Wildman–Crippen MR) is 78.7 cm³/mol. The Morgan fingerprint density at radius 3 is 2.25 bits per heavy atom. The lowest BCUT2D eigenvalue weighted by Crippen LogP contribution is -2.49. The zero-order valence-electron chi connectivity index (χ0n) is 12.2. The Hall–Kier alpha value is -0.890. The summed E-state index contributed by atoms with van der Waals surface area (Å²) in [6.45, 7) is 0. The lowest BCUT2D eigenvalue weighted by atomic mass is 9.50. The molecular formula is C18H24FN. The molecule has 1 aromatic carbocycles. The monoisotopic (exact) mass is 273 g/mol. The Kier molecular flexibility index (Phi) is 3.10. The molecule has 0 heterocycles. The first-order valence-electron chi connectivity index (χ1n) is 8.17. The van der Waals surface area contributed by atoms with Gasteiger partial charge in [0.25, 0.3) is 0 Å². The maximum absolute atomic E-state index is 13.6. The molecule has 1 aromatic rings. The Morgan fingerprint density at radius 1 is 1.05 bits per heavy atom. The summed E-state index contributed by atoms with van der Waals surface area (Å²) in [6, 6.07) is 7.56. The molecule has 4 aliphatic rings. The average Bonchev–Trinajstić information content (AvgIpc) is 2.42. The quantitative estimate of drug-likeness (QED) is 0.872. The van der Waals surface area contributed by atoms with Crippen LogP contribution in [0.5, 0.6) is 0 Å². The fourth-order valence-electron chi connectivity index (χ4n) is 5.79. The molecule has 0 spiro atoms. The maximum atomic E-state index is 13.6. The lowest BCUT2D eigenvalue weighted by molar-refractivity contribution is -0.0515. The molecule has 4 fully saturated rings. The van der Waals surface area contributed by atoms with Gasteiger partial charge in [-0.3, -0.25) is 0 Å². The summed E-state index contributed by atoms with van der Waals surface area (Å²) in [7, 11) is 2.04. The van der Waals surface area contributed by atoms with Crippen LogP contribution in [0.3, 0.4) is 0 Å². The second-order valence-electron chi connectivity index (χ2n) is 7.33. The van der Waals surface area contributed by atoms with Gasteiger partial charge in [-0.15, -0.1) is 0 Å². The summed E-state index contributed by atoms with van der Waals surface area (Å²) in [5.41, 5.74) is 1.14. The van der Waals surface area contributed by atoms with Crippen LogP contribution in [0, 0.1) is 35.4 Å². The molecule has 4 aliphatic carbocycles. The van der Waals surface area contributed by atoms with E-state index in [1.807, 2.05) is 13.1 Å². The minimum absolute atomic E-state index is 0.105. The van der Waals surface area contributed by atoms with Crippen molar-refractivity contribution in [1.29, 1.82) is 0 Å². The molecule has 0 saturated heterocycles. The first-order chi connectivity index (χ1) is 9.74. The molecule has 0 radical (unpaired) electrons. The fourth-order valence-corrected chi connectivity index (χ4v) is 5.79. The number of hydrogen-bond acceptors (Lipinski definition) is 1. The van der Waals surface area contributed by atoms with Crippen LogP contribution >= 0.6 is 0 Å². The standard InChI is InChI=1S/C18H24FN/c1-20-18(13-3-2-4-16(19)10-13)17-14-6-11-5-12(8-14)9-15(17)7-11/h2-4,10-12,14-15,17-18,20H,5-9H2,1H3. The van der Waals surface area contributed by atoms with E-state index < -0.39 is 0 Å². The van der Waals surface area contributed by atoms with Gasteiger partial charge in [0.2, 0.25) is 0 Å². The van der Waals surface area contributed by atoms with Gasteiger partial charge in [0.05, 0.1) is 0 Å². The van der Waals surface area contributed by atoms with Crippen LogP contribution in [0.4, 0.5) is 4.39 Å². The second kappa shape index (κ2) is 4.84. The molecule has 0 amide bonds. The molecule has 2 heteroatoms. The van der Waals surface area contributed by atoms with Gasteiger partial charge < -0.3 is 5.32 Å². The predicted octanol–water partition coefficient (Wildman–Crippen LogP) is 4.16. The first-order valence-corrected chi connectivity index (χ1v) is 8.17. The summed E-state index contributed by atoms with van der Waals surface area (Å²) < 4.78 is 13.6. The Balaban J connectivity index is 1.65. The third-order valence-corrected chi connectivity index (χ3v) is 6.20. The minimum Gasteiger partial charge on any atom is -0.313 e. The van der Waals surface area contributed by atoms with E-state index in [-0.39, 0.29) is 5.82 Å². The van der Waals surface area contributed by atoms with Crippen LogP contribution in [0.25, 0.3) is 0 Å². The van der Waals surface area contributed by atoms with E-state index in [1.165, 1.54) is 32.1 Å². The average molecular weight is 273 g/mol. The highest BCUT2D eigenvalue weighted by atomic mass is 19.1. The van der Waals surface area contributed by atoms with Gasteiger partial charge in [-0.25, -0.2) is 4.39 Å². The van der Waals surface area contributed by atoms with Gasteiger partial charge in [0.1, 0.15) is 5.82 Å². The lowest BCUT2D eigenvalue weighted by Gasteiger charge is -2.56. The van der Waals surface area contributed by atoms with E-state index in [1.54, 1.807) is 12.1 Å². The van der Waals surface area contributed by atoms with Crippen LogP contribution < -0.4 is 5.32 Å². The Labute approximate surface area is 121 Å². The van der Waals surface area contributed by atoms with E-state index >= 15 is 0 Å². The highest BCUT2D eigenvalue weighted by Crippen LogP contribution is 2.59. The van der Waals surface area contributed by atoms with E-state index in [0.29, 0.717) is 6.04 Å². The van der Waals surface area contributed by atoms with Crippen molar-refractivity contribution in [2.45, 2.75) is 38.1 Å². The Morgan fingerprint density at radius 2 is 1.70 bits per heavy atom. The van der Waals surface area contributed by atoms with Crippen molar-refractivity contribution in [2.24, 2.45) is 29.6 Å². The molecule has 20 heavy (non-hydrogen) atoms. The van der Waals surface area contributed by atoms with Gasteiger partial charge in [-0.2, -0.15) is 0 Å². The number of rotatable bonds is 3. The Bertz CT molecular complexity index is 470. The van der Waals surface area contributed by atoms with E-state index in [4.69, 9.17) is 0 Å². The minimum atomic E-state index is -0.105. The van der Waals surface area contributed by atoms with Crippen molar-refractivity contribution in [2.75, 3.05) is 7.05 Å². The largest absolute Gasteiger partial charge is 0.313 e. The van der Waals surface area contributed by atoms with Crippen LogP contribution in [0.1, 0.15) is 43.7 Å². The van der Waals surface area contributed by atoms with E-state index in [9.17, 15) is 4.39 Å². The molecule has 5 rings (SSSR count). The molecule has 0 aromatic heterocycles. The fraction of sp³-hybridized carbons (Fsp3) is 0.667. The van der Waals surface area contributed by atoms with Crippen molar-refractivity contribution < 1.29 is 4.39 Å². The summed E-state index contributed by atoms with van der Waals surface area (Å²) in [5.74, 6) is 4.35. The summed E-state index contributed by atoms with van der Waals surface area (Å²) in [6.07, 6.45) is 7.18. The molecule has 1 N–H and O–H groups in total. The van der Waals surface area contributed by atoms with Crippen molar-refractivity contribution >= 4 is 0 Å². The third-order valence-electron chi connectivity index (χ3n) is 6.20. The van der Waals surface area contributed by atoms with E-state index in [2.05, 4.69) is 11.4 Å². The molecule has 1 unspecified atom stereocenters. The second-order valence-corrected chi connectivity index (χ2v) is 7.33. The molecule has 4 saturated carbocycles. The normalized spacial score (nSPS) is 40.0. The summed E-state index contributed by atoms with van der Waals surface area (Å²) in [4.78, 5) is 0. The number of hydrogen-bond donors (Lipinski definition) is 1. The number of halogens is 1. The van der Waals surface area contributed by atoms with Crippen molar-refractivity contribution in [1.82, 2.24) is 5.32 Å². The highest BCUT2D eigenvalue weighted by molar-refractivity contribution is 5.22. The molecular weight excluding hydrogens is 249 g/mol. The molecule has 108 valence electrons. The van der Waals surface area contributed by atoms with E-state index in [0.717, 1.165) is 35.2 Å². The van der Waals surface area contributed by atoms with Gasteiger partial charge >= 0.3 is 0 Å². The zero-order valence-corrected chi connectivity index (χ0v) is 12.2. The van der Waals surface area contributed by atoms with Gasteiger partial charge in [0, 0.05) is 6.04 Å². The van der Waals surface area contributed by atoms with Crippen LogP contribution in [-0.4, -0.2) is 7.05 Å². The summed E-state index contributed by atoms with van der Waals surface area (Å²) >= 11 is 0. The first kappa shape index (κ1) is 12.8.